The van der Waals surface area contributed by atoms with Gasteiger partial charge in [-0.1, -0.05) is 140 Å². The molecule has 0 aliphatic rings. The molecule has 4 heteroatoms. The maximum Gasteiger partial charge on any atom is 0.0775 e. The third-order valence-corrected chi connectivity index (χ3v) is 12.0. The van der Waals surface area contributed by atoms with Gasteiger partial charge in [0.05, 0.1) is 16.1 Å². The fraction of sp³-hybridized carbons (Fsp3) is 0.250. The monoisotopic (exact) mass is 438 g/mol. The van der Waals surface area contributed by atoms with Crippen LogP contribution in [0.1, 0.15) is 0 Å². The Morgan fingerprint density at radius 1 is 0.464 bits per heavy atom. The van der Waals surface area contributed by atoms with Gasteiger partial charge in [-0.05, 0) is 21.2 Å². The highest BCUT2D eigenvalue weighted by Crippen LogP contribution is 2.16. The van der Waals surface area contributed by atoms with Crippen molar-refractivity contribution >= 4 is 64.9 Å². The SMILES string of the molecule is C[Si](C)(C)c1ccc(Pc2ccccc2Pc2ccc([Si](C)(C)C)cc2)cc1. The molecule has 0 radical (unpaired) electrons. The molecule has 0 heterocycles. The smallest absolute Gasteiger partial charge is 0.0656 e. The van der Waals surface area contributed by atoms with Crippen LogP contribution >= 0.6 is 17.2 Å². The lowest BCUT2D eigenvalue weighted by atomic mass is 10.3. The van der Waals surface area contributed by atoms with E-state index in [9.17, 15) is 0 Å². The second-order valence-electron chi connectivity index (χ2n) is 9.45. The molecule has 2 unspecified atom stereocenters. The van der Waals surface area contributed by atoms with Crippen molar-refractivity contribution in [1.82, 2.24) is 0 Å². The minimum Gasteiger partial charge on any atom is -0.0656 e. The summed E-state index contributed by atoms with van der Waals surface area (Å²) < 4.78 is 0. The van der Waals surface area contributed by atoms with E-state index >= 15 is 0 Å². The highest BCUT2D eigenvalue weighted by Gasteiger charge is 2.17. The van der Waals surface area contributed by atoms with Crippen LogP contribution in [-0.4, -0.2) is 16.1 Å². The zero-order valence-electron chi connectivity index (χ0n) is 17.9. The molecule has 0 N–H and O–H groups in total. The normalized spacial score (nSPS) is 13.1. The molecular formula is C24H32P2Si2. The third-order valence-electron chi connectivity index (χ3n) is 4.99. The molecule has 0 aliphatic carbocycles. The zero-order chi connectivity index (χ0) is 20.4. The molecule has 0 saturated carbocycles. The highest BCUT2D eigenvalue weighted by molar-refractivity contribution is 7.62. The second-order valence-corrected chi connectivity index (χ2v) is 22.3. The fourth-order valence-electron chi connectivity index (χ4n) is 3.12. The summed E-state index contributed by atoms with van der Waals surface area (Å²) >= 11 is 0. The van der Waals surface area contributed by atoms with Gasteiger partial charge in [-0.15, -0.1) is 0 Å². The second kappa shape index (κ2) is 8.76. The summed E-state index contributed by atoms with van der Waals surface area (Å²) in [5, 5.41) is 8.92. The Hall–Kier alpha value is -1.05. The van der Waals surface area contributed by atoms with E-state index in [4.69, 9.17) is 0 Å². The van der Waals surface area contributed by atoms with Crippen molar-refractivity contribution in [2.75, 3.05) is 0 Å². The number of hydrogen-bond acceptors (Lipinski definition) is 0. The van der Waals surface area contributed by atoms with E-state index < -0.39 is 16.1 Å². The van der Waals surface area contributed by atoms with Crippen molar-refractivity contribution < 1.29 is 0 Å². The van der Waals surface area contributed by atoms with Crippen LogP contribution in [0.3, 0.4) is 0 Å². The Morgan fingerprint density at radius 3 is 1.07 bits per heavy atom. The highest BCUT2D eigenvalue weighted by atomic mass is 31.1. The first-order valence-corrected chi connectivity index (χ1v) is 19.0. The molecule has 28 heavy (non-hydrogen) atoms. The van der Waals surface area contributed by atoms with Gasteiger partial charge >= 0.3 is 0 Å². The van der Waals surface area contributed by atoms with Crippen LogP contribution in [0.4, 0.5) is 0 Å². The maximum absolute atomic E-state index is 2.41. The first kappa shape index (κ1) is 21.7. The first-order chi connectivity index (χ1) is 13.1. The largest absolute Gasteiger partial charge is 0.0775 e. The molecule has 3 rings (SSSR count). The summed E-state index contributed by atoms with van der Waals surface area (Å²) in [7, 11) is -0.993. The van der Waals surface area contributed by atoms with Crippen molar-refractivity contribution in [3.63, 3.8) is 0 Å². The predicted molar refractivity (Wildman–Crippen MR) is 140 cm³/mol. The molecule has 0 amide bonds. The Morgan fingerprint density at radius 2 is 0.786 bits per heavy atom. The molecule has 146 valence electrons. The summed E-state index contributed by atoms with van der Waals surface area (Å²) in [4.78, 5) is 0. The number of rotatable bonds is 6. The van der Waals surface area contributed by atoms with Crippen LogP contribution < -0.4 is 31.6 Å². The Labute approximate surface area is 176 Å². The molecule has 0 aromatic heterocycles. The molecular weight excluding hydrogens is 406 g/mol. The predicted octanol–water partition coefficient (Wildman–Crippen LogP) is 4.04. The lowest BCUT2D eigenvalue weighted by molar-refractivity contribution is 1.70. The molecule has 0 bridgehead atoms. The lowest BCUT2D eigenvalue weighted by Gasteiger charge is -2.18. The van der Waals surface area contributed by atoms with E-state index in [2.05, 4.69) is 112 Å². The van der Waals surface area contributed by atoms with Crippen LogP contribution in [0, 0.1) is 0 Å². The minimum absolute atomic E-state index is 0.725. The van der Waals surface area contributed by atoms with Gasteiger partial charge < -0.3 is 0 Å². The Kier molecular flexibility index (Phi) is 6.78. The van der Waals surface area contributed by atoms with Crippen LogP contribution in [0.25, 0.3) is 0 Å². The van der Waals surface area contributed by atoms with Crippen LogP contribution in [-0.2, 0) is 0 Å². The van der Waals surface area contributed by atoms with Crippen LogP contribution in [0.5, 0.6) is 0 Å². The van der Waals surface area contributed by atoms with Crippen LogP contribution in [0.15, 0.2) is 72.8 Å². The van der Waals surface area contributed by atoms with Gasteiger partial charge in [0, 0.05) is 0 Å². The average Bonchev–Trinajstić information content (AvgIpc) is 2.63. The first-order valence-electron chi connectivity index (χ1n) is 9.97. The zero-order valence-corrected chi connectivity index (χ0v) is 21.9. The van der Waals surface area contributed by atoms with Crippen molar-refractivity contribution in [3.05, 3.63) is 72.8 Å². The molecule has 0 saturated heterocycles. The van der Waals surface area contributed by atoms with Crippen molar-refractivity contribution in [2.24, 2.45) is 0 Å². The van der Waals surface area contributed by atoms with Gasteiger partial charge in [0.2, 0.25) is 0 Å². The summed E-state index contributed by atoms with van der Waals surface area (Å²) in [6.45, 7) is 14.5. The Bertz CT molecular complexity index is 840. The minimum atomic E-state index is -1.22. The van der Waals surface area contributed by atoms with E-state index in [0.29, 0.717) is 0 Å². The summed E-state index contributed by atoms with van der Waals surface area (Å²) in [6, 6.07) is 27.8. The Balaban J connectivity index is 1.78. The van der Waals surface area contributed by atoms with Crippen molar-refractivity contribution in [2.45, 2.75) is 39.3 Å². The topological polar surface area (TPSA) is 0 Å². The van der Waals surface area contributed by atoms with E-state index in [1.807, 2.05) is 0 Å². The third kappa shape index (κ3) is 5.74. The molecule has 0 nitrogen and oxygen atoms in total. The summed E-state index contributed by atoms with van der Waals surface area (Å²) in [5.41, 5.74) is 0. The van der Waals surface area contributed by atoms with E-state index in [1.165, 1.54) is 21.2 Å². The molecule has 0 aliphatic heterocycles. The fourth-order valence-corrected chi connectivity index (χ4v) is 7.91. The van der Waals surface area contributed by atoms with Crippen molar-refractivity contribution in [3.8, 4) is 0 Å². The van der Waals surface area contributed by atoms with Gasteiger partial charge in [0.1, 0.15) is 0 Å². The standard InChI is InChI=1S/C24H32P2Si2/c1-27(2,3)21-15-11-19(12-16-21)25-23-9-7-8-10-24(23)26-20-13-17-22(18-14-20)28(4,5)6/h7-18,25-26H,1-6H3. The van der Waals surface area contributed by atoms with Gasteiger partial charge in [0.15, 0.2) is 0 Å². The van der Waals surface area contributed by atoms with Gasteiger partial charge in [-0.25, -0.2) is 0 Å². The lowest BCUT2D eigenvalue weighted by Crippen LogP contribution is -2.38. The quantitative estimate of drug-likeness (QED) is 0.403. The molecule has 3 aromatic carbocycles. The summed E-state index contributed by atoms with van der Waals surface area (Å²) in [6.07, 6.45) is 0. The van der Waals surface area contributed by atoms with Gasteiger partial charge in [-0.2, -0.15) is 0 Å². The van der Waals surface area contributed by atoms with Gasteiger partial charge in [0.25, 0.3) is 0 Å². The van der Waals surface area contributed by atoms with E-state index in [1.54, 1.807) is 10.4 Å². The van der Waals surface area contributed by atoms with E-state index in [-0.39, 0.29) is 0 Å². The van der Waals surface area contributed by atoms with Gasteiger partial charge in [-0.3, -0.25) is 0 Å². The molecule has 0 fully saturated rings. The maximum atomic E-state index is 2.41. The molecule has 3 aromatic rings. The molecule has 0 spiro atoms. The molecule has 2 atom stereocenters. The van der Waals surface area contributed by atoms with Crippen molar-refractivity contribution in [1.29, 1.82) is 0 Å². The van der Waals surface area contributed by atoms with Crippen LogP contribution in [0.2, 0.25) is 39.3 Å². The average molecular weight is 439 g/mol. The number of benzene rings is 3. The number of hydrogen-bond donors (Lipinski definition) is 0. The summed E-state index contributed by atoms with van der Waals surface area (Å²) in [5.74, 6) is 0. The van der Waals surface area contributed by atoms with E-state index in [0.717, 1.165) is 17.2 Å².